The first-order valence-corrected chi connectivity index (χ1v) is 6.25. The number of nitrogens with one attached hydrogen (secondary N) is 1. The average molecular weight is 293 g/mol. The molecule has 1 saturated carbocycles. The van der Waals surface area contributed by atoms with Crippen LogP contribution in [0.5, 0.6) is 5.75 Å². The van der Waals surface area contributed by atoms with Gasteiger partial charge in [0, 0.05) is 18.7 Å². The van der Waals surface area contributed by atoms with Crippen LogP contribution in [0.4, 0.5) is 17.6 Å². The second kappa shape index (κ2) is 5.97. The smallest absolute Gasteiger partial charge is 0.417 e. The maximum absolute atomic E-state index is 13.3. The van der Waals surface area contributed by atoms with Crippen LogP contribution in [0.1, 0.15) is 18.4 Å². The lowest BCUT2D eigenvalue weighted by Gasteiger charge is -2.15. The standard InChI is InChI=1S/C13H15F4NO2/c14-9-3-8(6-18-10-1-2-10)4-11(5-9)20-7-12(19)13(15,16)17/h3-5,10,12,18-19H,1-2,6-7H2. The van der Waals surface area contributed by atoms with Crippen LogP contribution in [-0.2, 0) is 6.54 Å². The van der Waals surface area contributed by atoms with E-state index in [4.69, 9.17) is 9.84 Å². The van der Waals surface area contributed by atoms with Crippen molar-refractivity contribution in [3.8, 4) is 5.75 Å². The fourth-order valence-electron chi connectivity index (χ4n) is 1.63. The molecule has 2 N–H and O–H groups in total. The van der Waals surface area contributed by atoms with Crippen molar-refractivity contribution >= 4 is 0 Å². The maximum atomic E-state index is 13.3. The van der Waals surface area contributed by atoms with Gasteiger partial charge in [-0.15, -0.1) is 0 Å². The zero-order chi connectivity index (χ0) is 14.8. The highest BCUT2D eigenvalue weighted by Gasteiger charge is 2.38. The highest BCUT2D eigenvalue weighted by molar-refractivity contribution is 5.29. The van der Waals surface area contributed by atoms with Gasteiger partial charge in [0.25, 0.3) is 0 Å². The normalized spacial score (nSPS) is 17.1. The molecule has 1 unspecified atom stereocenters. The van der Waals surface area contributed by atoms with Crippen molar-refractivity contribution in [2.45, 2.75) is 37.7 Å². The number of aliphatic hydroxyl groups is 1. The van der Waals surface area contributed by atoms with Crippen LogP contribution in [0.15, 0.2) is 18.2 Å². The quantitative estimate of drug-likeness (QED) is 0.791. The van der Waals surface area contributed by atoms with Crippen molar-refractivity contribution in [1.82, 2.24) is 5.32 Å². The minimum Gasteiger partial charge on any atom is -0.490 e. The SMILES string of the molecule is OC(COc1cc(F)cc(CNC2CC2)c1)C(F)(F)F. The van der Waals surface area contributed by atoms with Gasteiger partial charge in [-0.2, -0.15) is 13.2 Å². The Morgan fingerprint density at radius 1 is 1.30 bits per heavy atom. The molecule has 1 aromatic carbocycles. The maximum Gasteiger partial charge on any atom is 0.417 e. The van der Waals surface area contributed by atoms with Crippen molar-refractivity contribution in [3.63, 3.8) is 0 Å². The van der Waals surface area contributed by atoms with Crippen molar-refractivity contribution in [1.29, 1.82) is 0 Å². The van der Waals surface area contributed by atoms with Crippen molar-refractivity contribution in [3.05, 3.63) is 29.6 Å². The zero-order valence-corrected chi connectivity index (χ0v) is 10.6. The third-order valence-electron chi connectivity index (χ3n) is 2.89. The van der Waals surface area contributed by atoms with Crippen molar-refractivity contribution in [2.75, 3.05) is 6.61 Å². The molecule has 0 saturated heterocycles. The summed E-state index contributed by atoms with van der Waals surface area (Å²) in [5, 5.41) is 12.0. The Morgan fingerprint density at radius 3 is 2.60 bits per heavy atom. The highest BCUT2D eigenvalue weighted by atomic mass is 19.4. The van der Waals surface area contributed by atoms with E-state index in [1.807, 2.05) is 0 Å². The van der Waals surface area contributed by atoms with Crippen molar-refractivity contribution < 1.29 is 27.4 Å². The van der Waals surface area contributed by atoms with Crippen LogP contribution in [0.25, 0.3) is 0 Å². The van der Waals surface area contributed by atoms with E-state index in [1.165, 1.54) is 12.1 Å². The van der Waals surface area contributed by atoms with E-state index in [0.29, 0.717) is 18.2 Å². The molecule has 0 aromatic heterocycles. The molecule has 1 fully saturated rings. The third-order valence-corrected chi connectivity index (χ3v) is 2.89. The van der Waals surface area contributed by atoms with E-state index in [0.717, 1.165) is 18.9 Å². The fraction of sp³-hybridized carbons (Fsp3) is 0.538. The van der Waals surface area contributed by atoms with E-state index in [-0.39, 0.29) is 5.75 Å². The largest absolute Gasteiger partial charge is 0.490 e. The second-order valence-corrected chi connectivity index (χ2v) is 4.82. The number of alkyl halides is 3. The van der Waals surface area contributed by atoms with Gasteiger partial charge in [0.1, 0.15) is 18.2 Å². The monoisotopic (exact) mass is 293 g/mol. The Morgan fingerprint density at radius 2 is 2.00 bits per heavy atom. The average Bonchev–Trinajstić information content (AvgIpc) is 3.15. The van der Waals surface area contributed by atoms with Crippen LogP contribution >= 0.6 is 0 Å². The first-order chi connectivity index (χ1) is 9.34. The van der Waals surface area contributed by atoms with E-state index in [1.54, 1.807) is 0 Å². The second-order valence-electron chi connectivity index (χ2n) is 4.82. The summed E-state index contributed by atoms with van der Waals surface area (Å²) in [5.41, 5.74) is 0.591. The molecule has 7 heteroatoms. The van der Waals surface area contributed by atoms with Gasteiger partial charge in [0.2, 0.25) is 0 Å². The zero-order valence-electron chi connectivity index (χ0n) is 10.6. The third kappa shape index (κ3) is 4.64. The number of hydrogen-bond donors (Lipinski definition) is 2. The summed E-state index contributed by atoms with van der Waals surface area (Å²) in [6.45, 7) is -0.525. The molecule has 3 nitrogen and oxygen atoms in total. The Labute approximate surface area is 113 Å². The number of aliphatic hydroxyl groups excluding tert-OH is 1. The van der Waals surface area contributed by atoms with E-state index in [2.05, 4.69) is 5.32 Å². The molecule has 1 atom stereocenters. The van der Waals surface area contributed by atoms with Gasteiger partial charge in [-0.25, -0.2) is 4.39 Å². The van der Waals surface area contributed by atoms with Crippen LogP contribution < -0.4 is 10.1 Å². The molecule has 0 amide bonds. The van der Waals surface area contributed by atoms with Crippen LogP contribution in [0.2, 0.25) is 0 Å². The van der Waals surface area contributed by atoms with Gasteiger partial charge < -0.3 is 15.2 Å². The van der Waals surface area contributed by atoms with Gasteiger partial charge in [0.15, 0.2) is 6.10 Å². The Bertz CT molecular complexity index is 460. The van der Waals surface area contributed by atoms with E-state index in [9.17, 15) is 17.6 Å². The molecule has 0 heterocycles. The van der Waals surface area contributed by atoms with Crippen LogP contribution in [0.3, 0.4) is 0 Å². The van der Waals surface area contributed by atoms with Gasteiger partial charge in [-0.05, 0) is 30.5 Å². The predicted molar refractivity (Wildman–Crippen MR) is 63.8 cm³/mol. The number of benzene rings is 1. The first-order valence-electron chi connectivity index (χ1n) is 6.25. The Kier molecular flexibility index (Phi) is 4.49. The predicted octanol–water partition coefficient (Wildman–Crippen LogP) is 2.38. The number of hydrogen-bond acceptors (Lipinski definition) is 3. The lowest BCUT2D eigenvalue weighted by molar-refractivity contribution is -0.210. The van der Waals surface area contributed by atoms with E-state index >= 15 is 0 Å². The lowest BCUT2D eigenvalue weighted by Crippen LogP contribution is -2.34. The molecule has 0 aliphatic heterocycles. The lowest BCUT2D eigenvalue weighted by atomic mass is 10.2. The molecular weight excluding hydrogens is 278 g/mol. The summed E-state index contributed by atoms with van der Waals surface area (Å²) in [6, 6.07) is 4.18. The summed E-state index contributed by atoms with van der Waals surface area (Å²) < 4.78 is 54.5. The van der Waals surface area contributed by atoms with Gasteiger partial charge in [0.05, 0.1) is 0 Å². The Balaban J connectivity index is 1.92. The number of ether oxygens (including phenoxy) is 1. The summed E-state index contributed by atoms with van der Waals surface area (Å²) in [5.74, 6) is -0.613. The fourth-order valence-corrected chi connectivity index (χ4v) is 1.63. The van der Waals surface area contributed by atoms with Crippen LogP contribution in [0, 0.1) is 5.82 Å². The summed E-state index contributed by atoms with van der Waals surface area (Å²) in [6.07, 6.45) is -5.17. The van der Waals surface area contributed by atoms with E-state index < -0.39 is 24.7 Å². The first kappa shape index (κ1) is 15.1. The van der Waals surface area contributed by atoms with Gasteiger partial charge in [-0.1, -0.05) is 0 Å². The van der Waals surface area contributed by atoms with Crippen LogP contribution in [-0.4, -0.2) is 30.0 Å². The number of halogens is 4. The molecule has 1 aliphatic carbocycles. The van der Waals surface area contributed by atoms with Gasteiger partial charge >= 0.3 is 6.18 Å². The van der Waals surface area contributed by atoms with Gasteiger partial charge in [-0.3, -0.25) is 0 Å². The molecular formula is C13H15F4NO2. The molecule has 0 radical (unpaired) electrons. The number of rotatable bonds is 6. The molecule has 20 heavy (non-hydrogen) atoms. The minimum atomic E-state index is -4.75. The molecule has 112 valence electrons. The molecule has 1 aromatic rings. The minimum absolute atomic E-state index is 0.0269. The molecule has 1 aliphatic rings. The Hall–Kier alpha value is -1.34. The highest BCUT2D eigenvalue weighted by Crippen LogP contribution is 2.23. The topological polar surface area (TPSA) is 41.5 Å². The summed E-state index contributed by atoms with van der Waals surface area (Å²) >= 11 is 0. The molecule has 0 bridgehead atoms. The molecule has 2 rings (SSSR count). The van der Waals surface area contributed by atoms with Crippen molar-refractivity contribution in [2.24, 2.45) is 0 Å². The summed E-state index contributed by atoms with van der Waals surface area (Å²) in [4.78, 5) is 0. The molecule has 0 spiro atoms. The summed E-state index contributed by atoms with van der Waals surface area (Å²) in [7, 11) is 0.